The van der Waals surface area contributed by atoms with Gasteiger partial charge in [-0.2, -0.15) is 0 Å². The van der Waals surface area contributed by atoms with E-state index in [-0.39, 0.29) is 6.03 Å². The van der Waals surface area contributed by atoms with Crippen LogP contribution in [0.3, 0.4) is 0 Å². The van der Waals surface area contributed by atoms with Gasteiger partial charge in [0.05, 0.1) is 0 Å². The van der Waals surface area contributed by atoms with E-state index in [0.717, 1.165) is 37.8 Å². The van der Waals surface area contributed by atoms with Crippen molar-refractivity contribution >= 4 is 6.03 Å². The van der Waals surface area contributed by atoms with Crippen molar-refractivity contribution in [3.05, 3.63) is 0 Å². The number of carbonyl (C=O) groups excluding carboxylic acids is 1. The van der Waals surface area contributed by atoms with Crippen molar-refractivity contribution < 1.29 is 4.79 Å². The van der Waals surface area contributed by atoms with Gasteiger partial charge in [-0.05, 0) is 24.7 Å². The lowest BCUT2D eigenvalue weighted by Gasteiger charge is -2.20. The van der Waals surface area contributed by atoms with Gasteiger partial charge >= 0.3 is 6.03 Å². The fourth-order valence-corrected chi connectivity index (χ4v) is 2.04. The predicted octanol–water partition coefficient (Wildman–Crippen LogP) is 4.02. The van der Waals surface area contributed by atoms with E-state index in [0.29, 0.717) is 0 Å². The number of primary amides is 1. The molecule has 0 unspecified atom stereocenters. The predicted molar refractivity (Wildman–Crippen MR) is 78.5 cm³/mol. The minimum Gasteiger partial charge on any atom is -0.351 e. The summed E-state index contributed by atoms with van der Waals surface area (Å²) in [5.41, 5.74) is 5.41. The molecule has 108 valence electrons. The summed E-state index contributed by atoms with van der Waals surface area (Å²) in [6, 6.07) is -0.260. The van der Waals surface area contributed by atoms with Crippen molar-refractivity contribution in [3.8, 4) is 0 Å². The van der Waals surface area contributed by atoms with E-state index in [1.165, 1.54) is 25.7 Å². The zero-order valence-electron chi connectivity index (χ0n) is 12.7. The summed E-state index contributed by atoms with van der Waals surface area (Å²) >= 11 is 0. The molecule has 18 heavy (non-hydrogen) atoms. The number of amides is 2. The summed E-state index contributed by atoms with van der Waals surface area (Å²) in [5, 5.41) is 0. The van der Waals surface area contributed by atoms with Crippen LogP contribution in [0.1, 0.15) is 66.2 Å². The smallest absolute Gasteiger partial charge is 0.314 e. The van der Waals surface area contributed by atoms with E-state index in [4.69, 9.17) is 5.73 Å². The average molecular weight is 256 g/mol. The summed E-state index contributed by atoms with van der Waals surface area (Å²) in [6.07, 6.45) is 7.00. The third-order valence-electron chi connectivity index (χ3n) is 3.23. The fraction of sp³-hybridized carbons (Fsp3) is 0.933. The van der Waals surface area contributed by atoms with Crippen LogP contribution in [0.4, 0.5) is 4.79 Å². The Morgan fingerprint density at radius 3 is 1.56 bits per heavy atom. The highest BCUT2D eigenvalue weighted by Gasteiger charge is 2.08. The Kier molecular flexibility index (Phi) is 9.80. The van der Waals surface area contributed by atoms with Crippen molar-refractivity contribution in [1.82, 2.24) is 4.90 Å². The molecule has 0 aliphatic heterocycles. The van der Waals surface area contributed by atoms with Crippen LogP contribution in [0.5, 0.6) is 0 Å². The van der Waals surface area contributed by atoms with E-state index < -0.39 is 0 Å². The normalized spacial score (nSPS) is 11.2. The second-order valence-corrected chi connectivity index (χ2v) is 6.10. The van der Waals surface area contributed by atoms with Gasteiger partial charge in [0.25, 0.3) is 0 Å². The number of urea groups is 1. The standard InChI is InChI=1S/C15H32N2O/c1-13(2)9-5-7-11-17(15(16)18)12-8-6-10-14(3)4/h13-14H,5-12H2,1-4H3,(H2,16,18). The molecule has 0 aromatic rings. The number of unbranched alkanes of at least 4 members (excludes halogenated alkanes) is 2. The first-order valence-electron chi connectivity index (χ1n) is 7.47. The summed E-state index contributed by atoms with van der Waals surface area (Å²) < 4.78 is 0. The zero-order valence-corrected chi connectivity index (χ0v) is 12.7. The van der Waals surface area contributed by atoms with Gasteiger partial charge in [0, 0.05) is 13.1 Å². The second kappa shape index (κ2) is 10.2. The van der Waals surface area contributed by atoms with Crippen molar-refractivity contribution in [2.45, 2.75) is 66.2 Å². The maximum atomic E-state index is 11.3. The molecule has 0 rings (SSSR count). The number of hydrogen-bond donors (Lipinski definition) is 1. The number of carbonyl (C=O) groups is 1. The maximum absolute atomic E-state index is 11.3. The second-order valence-electron chi connectivity index (χ2n) is 6.10. The molecule has 0 aliphatic carbocycles. The van der Waals surface area contributed by atoms with Gasteiger partial charge in [-0.15, -0.1) is 0 Å². The van der Waals surface area contributed by atoms with Gasteiger partial charge in [-0.3, -0.25) is 0 Å². The molecule has 0 fully saturated rings. The van der Waals surface area contributed by atoms with Crippen LogP contribution in [-0.4, -0.2) is 24.0 Å². The third-order valence-corrected chi connectivity index (χ3v) is 3.23. The maximum Gasteiger partial charge on any atom is 0.314 e. The highest BCUT2D eigenvalue weighted by atomic mass is 16.2. The quantitative estimate of drug-likeness (QED) is 0.590. The van der Waals surface area contributed by atoms with Gasteiger partial charge in [0.15, 0.2) is 0 Å². The van der Waals surface area contributed by atoms with Crippen molar-refractivity contribution in [2.24, 2.45) is 17.6 Å². The number of hydrogen-bond acceptors (Lipinski definition) is 1. The number of nitrogens with two attached hydrogens (primary N) is 1. The average Bonchev–Trinajstić information content (AvgIpc) is 2.25. The van der Waals surface area contributed by atoms with Crippen molar-refractivity contribution in [3.63, 3.8) is 0 Å². The molecule has 2 N–H and O–H groups in total. The van der Waals surface area contributed by atoms with Crippen LogP contribution in [0.15, 0.2) is 0 Å². The molecule has 0 spiro atoms. The molecule has 0 aliphatic rings. The molecule has 0 heterocycles. The van der Waals surface area contributed by atoms with E-state index in [2.05, 4.69) is 27.7 Å². The Bertz CT molecular complexity index is 199. The van der Waals surface area contributed by atoms with Crippen LogP contribution < -0.4 is 5.73 Å². The lowest BCUT2D eigenvalue weighted by atomic mass is 10.1. The highest BCUT2D eigenvalue weighted by molar-refractivity contribution is 5.71. The molecule has 3 heteroatoms. The van der Waals surface area contributed by atoms with Crippen LogP contribution >= 0.6 is 0 Å². The van der Waals surface area contributed by atoms with Crippen molar-refractivity contribution in [1.29, 1.82) is 0 Å². The lowest BCUT2D eigenvalue weighted by molar-refractivity contribution is 0.204. The Hall–Kier alpha value is -0.730. The van der Waals surface area contributed by atoms with E-state index in [1.807, 2.05) is 0 Å². The molecule has 0 bridgehead atoms. The molecule has 2 amide bonds. The minimum absolute atomic E-state index is 0.260. The Morgan fingerprint density at radius 1 is 0.889 bits per heavy atom. The molecule has 0 aromatic heterocycles. The van der Waals surface area contributed by atoms with Crippen LogP contribution in [0.2, 0.25) is 0 Å². The van der Waals surface area contributed by atoms with Crippen LogP contribution in [0.25, 0.3) is 0 Å². The first-order valence-corrected chi connectivity index (χ1v) is 7.47. The van der Waals surface area contributed by atoms with Crippen LogP contribution in [0, 0.1) is 11.8 Å². The monoisotopic (exact) mass is 256 g/mol. The number of rotatable bonds is 10. The van der Waals surface area contributed by atoms with Gasteiger partial charge in [0.2, 0.25) is 0 Å². The zero-order chi connectivity index (χ0) is 14.0. The molecular formula is C15H32N2O. The van der Waals surface area contributed by atoms with Gasteiger partial charge in [-0.25, -0.2) is 4.79 Å². The molecule has 3 nitrogen and oxygen atoms in total. The SMILES string of the molecule is CC(C)CCCCN(CCCCC(C)C)C(N)=O. The largest absolute Gasteiger partial charge is 0.351 e. The molecule has 0 radical (unpaired) electrons. The topological polar surface area (TPSA) is 46.3 Å². The summed E-state index contributed by atoms with van der Waals surface area (Å²) in [6.45, 7) is 10.6. The summed E-state index contributed by atoms with van der Waals surface area (Å²) in [4.78, 5) is 13.1. The Morgan fingerprint density at radius 2 is 1.28 bits per heavy atom. The van der Waals surface area contributed by atoms with Crippen molar-refractivity contribution in [2.75, 3.05) is 13.1 Å². The molecular weight excluding hydrogens is 224 g/mol. The Balaban J connectivity index is 3.69. The fourth-order valence-electron chi connectivity index (χ4n) is 2.04. The summed E-state index contributed by atoms with van der Waals surface area (Å²) in [7, 11) is 0. The first kappa shape index (κ1) is 17.3. The molecule has 0 atom stereocenters. The van der Waals surface area contributed by atoms with E-state index >= 15 is 0 Å². The van der Waals surface area contributed by atoms with E-state index in [9.17, 15) is 4.79 Å². The number of nitrogens with zero attached hydrogens (tertiary/aromatic N) is 1. The van der Waals surface area contributed by atoms with Gasteiger partial charge < -0.3 is 10.6 Å². The highest BCUT2D eigenvalue weighted by Crippen LogP contribution is 2.09. The molecule has 0 saturated carbocycles. The lowest BCUT2D eigenvalue weighted by Crippen LogP contribution is -2.37. The first-order chi connectivity index (χ1) is 8.43. The minimum atomic E-state index is -0.260. The van der Waals surface area contributed by atoms with Crippen LogP contribution in [-0.2, 0) is 0 Å². The van der Waals surface area contributed by atoms with E-state index in [1.54, 1.807) is 4.90 Å². The molecule has 0 aromatic carbocycles. The third kappa shape index (κ3) is 10.4. The van der Waals surface area contributed by atoms with Gasteiger partial charge in [0.1, 0.15) is 0 Å². The molecule has 0 saturated heterocycles. The Labute approximate surface area is 113 Å². The summed E-state index contributed by atoms with van der Waals surface area (Å²) in [5.74, 6) is 1.50. The van der Waals surface area contributed by atoms with Gasteiger partial charge in [-0.1, -0.05) is 53.4 Å².